The van der Waals surface area contributed by atoms with Crippen molar-refractivity contribution in [1.29, 1.82) is 0 Å². The number of methoxy groups -OCH3 is 1. The highest BCUT2D eigenvalue weighted by Gasteiger charge is 2.50. The Hall–Kier alpha value is -1.79. The van der Waals surface area contributed by atoms with E-state index in [0.717, 1.165) is 29.3 Å². The molecule has 1 saturated heterocycles. The molecule has 0 bridgehead atoms. The van der Waals surface area contributed by atoms with Crippen LogP contribution in [0.1, 0.15) is 31.4 Å². The molecule has 0 radical (unpaired) electrons. The summed E-state index contributed by atoms with van der Waals surface area (Å²) in [4.78, 5) is 13.4. The molecule has 1 aromatic heterocycles. The van der Waals surface area contributed by atoms with Crippen LogP contribution in [0.2, 0.25) is 5.02 Å². The highest BCUT2D eigenvalue weighted by Crippen LogP contribution is 2.51. The fraction of sp³-hybridized carbons (Fsp3) is 0.529. The molecule has 1 N–H and O–H groups in total. The van der Waals surface area contributed by atoms with Crippen LogP contribution in [-0.2, 0) is 10.3 Å². The summed E-state index contributed by atoms with van der Waals surface area (Å²) in [5.41, 5.74) is 1.27. The van der Waals surface area contributed by atoms with Gasteiger partial charge in [-0.15, -0.1) is 0 Å². The van der Waals surface area contributed by atoms with Crippen LogP contribution >= 0.6 is 11.6 Å². The second kappa shape index (κ2) is 5.36. The molecule has 1 unspecified atom stereocenters. The minimum absolute atomic E-state index is 0.211. The zero-order valence-electron chi connectivity index (χ0n) is 13.7. The third kappa shape index (κ3) is 1.99. The van der Waals surface area contributed by atoms with Crippen LogP contribution in [0.5, 0.6) is 0 Å². The van der Waals surface area contributed by atoms with Crippen molar-refractivity contribution in [2.45, 2.75) is 31.4 Å². The van der Waals surface area contributed by atoms with Gasteiger partial charge in [0.05, 0.1) is 24.4 Å². The van der Waals surface area contributed by atoms with Crippen molar-refractivity contribution in [1.82, 2.24) is 14.7 Å². The van der Waals surface area contributed by atoms with Gasteiger partial charge >= 0.3 is 6.09 Å². The van der Waals surface area contributed by atoms with E-state index in [9.17, 15) is 9.90 Å². The van der Waals surface area contributed by atoms with E-state index in [-0.39, 0.29) is 12.0 Å². The summed E-state index contributed by atoms with van der Waals surface area (Å²) < 4.78 is 6.76. The largest absolute Gasteiger partial charge is 0.453 e. The number of hydrogen-bond donors (Lipinski definition) is 1. The van der Waals surface area contributed by atoms with Gasteiger partial charge in [-0.25, -0.2) is 4.79 Å². The lowest BCUT2D eigenvalue weighted by Crippen LogP contribution is -2.48. The molecule has 24 heavy (non-hydrogen) atoms. The summed E-state index contributed by atoms with van der Waals surface area (Å²) in [6.07, 6.45) is 2.45. The molecule has 1 amide bonds. The second-order valence-corrected chi connectivity index (χ2v) is 7.29. The van der Waals surface area contributed by atoms with Gasteiger partial charge in [-0.05, 0) is 37.8 Å². The highest BCUT2D eigenvalue weighted by molar-refractivity contribution is 6.31. The standard InChI is InChI=1S/C17H20ClN3O3/c1-17(11-3-5-20(6-4-11)16(23)24-2)15(22)13-8-12(18)7-10-9-19-21(17)14(10)13/h7-9,11,15,22H,3-6H2,1-2H3/t15-,17?/m1/s1. The fourth-order valence-electron chi connectivity index (χ4n) is 4.34. The Labute approximate surface area is 144 Å². The SMILES string of the molecule is COC(=O)N1CCC(C2(C)[C@H](O)c3cc(Cl)cc4cnn2c34)CC1. The van der Waals surface area contributed by atoms with E-state index >= 15 is 0 Å². The first kappa shape index (κ1) is 15.7. The number of nitrogens with zero attached hydrogens (tertiary/aromatic N) is 3. The summed E-state index contributed by atoms with van der Waals surface area (Å²) in [6.45, 7) is 3.30. The number of halogens is 1. The van der Waals surface area contributed by atoms with E-state index in [4.69, 9.17) is 16.3 Å². The molecule has 6 nitrogen and oxygen atoms in total. The molecule has 1 aromatic carbocycles. The van der Waals surface area contributed by atoms with Crippen LogP contribution in [0.3, 0.4) is 0 Å². The highest BCUT2D eigenvalue weighted by atomic mass is 35.5. The van der Waals surface area contributed by atoms with Gasteiger partial charge in [0, 0.05) is 29.1 Å². The van der Waals surface area contributed by atoms with Gasteiger partial charge in [-0.1, -0.05) is 11.6 Å². The lowest BCUT2D eigenvalue weighted by atomic mass is 9.75. The monoisotopic (exact) mass is 349 g/mol. The van der Waals surface area contributed by atoms with Crippen LogP contribution < -0.4 is 0 Å². The lowest BCUT2D eigenvalue weighted by molar-refractivity contribution is -0.0147. The molecule has 2 atom stereocenters. The molecule has 2 aliphatic rings. The summed E-state index contributed by atoms with van der Waals surface area (Å²) in [5, 5.41) is 17.2. The number of piperidine rings is 1. The molecule has 4 rings (SSSR count). The fourth-order valence-corrected chi connectivity index (χ4v) is 4.57. The Morgan fingerprint density at radius 1 is 1.42 bits per heavy atom. The first-order valence-corrected chi connectivity index (χ1v) is 8.53. The summed E-state index contributed by atoms with van der Waals surface area (Å²) in [5.74, 6) is 0.211. The molecule has 0 aliphatic carbocycles. The minimum Gasteiger partial charge on any atom is -0.453 e. The number of likely N-dealkylation sites (tertiary alicyclic amines) is 1. The molecule has 1 fully saturated rings. The number of ether oxygens (including phenoxy) is 1. The number of amides is 1. The Balaban J connectivity index is 1.68. The van der Waals surface area contributed by atoms with Crippen molar-refractivity contribution in [3.8, 4) is 0 Å². The molecule has 3 heterocycles. The van der Waals surface area contributed by atoms with Gasteiger partial charge in [0.25, 0.3) is 0 Å². The van der Waals surface area contributed by atoms with E-state index in [1.54, 1.807) is 11.1 Å². The molecule has 2 aromatic rings. The average Bonchev–Trinajstić information content (AvgIpc) is 3.11. The smallest absolute Gasteiger partial charge is 0.409 e. The topological polar surface area (TPSA) is 67.6 Å². The first-order valence-electron chi connectivity index (χ1n) is 8.15. The third-order valence-corrected chi connectivity index (χ3v) is 5.93. The van der Waals surface area contributed by atoms with E-state index < -0.39 is 11.6 Å². The van der Waals surface area contributed by atoms with Crippen LogP contribution in [0, 0.1) is 5.92 Å². The van der Waals surface area contributed by atoms with Crippen molar-refractivity contribution in [3.63, 3.8) is 0 Å². The Morgan fingerprint density at radius 3 is 2.79 bits per heavy atom. The Bertz CT molecular complexity index is 813. The van der Waals surface area contributed by atoms with Crippen LogP contribution in [0.25, 0.3) is 10.9 Å². The first-order chi connectivity index (χ1) is 11.5. The van der Waals surface area contributed by atoms with E-state index in [2.05, 4.69) is 12.0 Å². The van der Waals surface area contributed by atoms with Gasteiger partial charge < -0.3 is 14.7 Å². The van der Waals surface area contributed by atoms with E-state index in [0.29, 0.717) is 18.1 Å². The van der Waals surface area contributed by atoms with Gasteiger partial charge in [0.2, 0.25) is 0 Å². The maximum Gasteiger partial charge on any atom is 0.409 e. The van der Waals surface area contributed by atoms with Crippen molar-refractivity contribution < 1.29 is 14.6 Å². The van der Waals surface area contributed by atoms with Crippen molar-refractivity contribution in [2.24, 2.45) is 5.92 Å². The lowest BCUT2D eigenvalue weighted by Gasteiger charge is -2.42. The number of carbonyl (C=O) groups is 1. The van der Waals surface area contributed by atoms with Crippen LogP contribution in [-0.4, -0.2) is 46.1 Å². The molecular weight excluding hydrogens is 330 g/mol. The number of aliphatic hydroxyl groups excluding tert-OH is 1. The minimum atomic E-state index is -0.655. The summed E-state index contributed by atoms with van der Waals surface area (Å²) >= 11 is 6.19. The zero-order valence-corrected chi connectivity index (χ0v) is 14.5. The van der Waals surface area contributed by atoms with Crippen molar-refractivity contribution >= 4 is 28.6 Å². The number of hydrogen-bond acceptors (Lipinski definition) is 4. The average molecular weight is 350 g/mol. The zero-order chi connectivity index (χ0) is 17.1. The molecular formula is C17H20ClN3O3. The molecule has 128 valence electrons. The normalized spacial score (nSPS) is 27.0. The number of benzene rings is 1. The maximum absolute atomic E-state index is 11.7. The number of aliphatic hydroxyl groups is 1. The number of rotatable bonds is 1. The van der Waals surface area contributed by atoms with Gasteiger partial charge in [-0.3, -0.25) is 4.68 Å². The Kier molecular flexibility index (Phi) is 3.51. The molecule has 7 heteroatoms. The van der Waals surface area contributed by atoms with Gasteiger partial charge in [0.1, 0.15) is 6.10 Å². The summed E-state index contributed by atoms with van der Waals surface area (Å²) in [6, 6.07) is 3.71. The van der Waals surface area contributed by atoms with Gasteiger partial charge in [-0.2, -0.15) is 5.10 Å². The predicted octanol–water partition coefficient (Wildman–Crippen LogP) is 2.93. The molecule has 0 saturated carbocycles. The quantitative estimate of drug-likeness (QED) is 0.859. The van der Waals surface area contributed by atoms with Crippen molar-refractivity contribution in [3.05, 3.63) is 28.9 Å². The third-order valence-electron chi connectivity index (χ3n) is 5.72. The van der Waals surface area contributed by atoms with Gasteiger partial charge in [0.15, 0.2) is 0 Å². The number of aromatic nitrogens is 2. The molecule has 0 spiro atoms. The Morgan fingerprint density at radius 2 is 2.12 bits per heavy atom. The predicted molar refractivity (Wildman–Crippen MR) is 90.1 cm³/mol. The molecule has 2 aliphatic heterocycles. The number of carbonyl (C=O) groups excluding carboxylic acids is 1. The second-order valence-electron chi connectivity index (χ2n) is 6.85. The van der Waals surface area contributed by atoms with Crippen LogP contribution in [0.4, 0.5) is 4.79 Å². The van der Waals surface area contributed by atoms with Crippen LogP contribution in [0.15, 0.2) is 18.3 Å². The van der Waals surface area contributed by atoms with Crippen molar-refractivity contribution in [2.75, 3.05) is 20.2 Å². The maximum atomic E-state index is 11.7. The summed E-state index contributed by atoms with van der Waals surface area (Å²) in [7, 11) is 1.40. The van der Waals surface area contributed by atoms with E-state index in [1.165, 1.54) is 7.11 Å². The van der Waals surface area contributed by atoms with E-state index in [1.807, 2.05) is 16.8 Å².